The minimum absolute atomic E-state index is 0.332. The molecule has 2 N–H and O–H groups in total. The Labute approximate surface area is 73.2 Å². The highest BCUT2D eigenvalue weighted by molar-refractivity contribution is 5.17. The number of alkyl halides is 1. The third-order valence-corrected chi connectivity index (χ3v) is 2.00. The average Bonchev–Trinajstić information content (AvgIpc) is 2.26. The van der Waals surface area contributed by atoms with Gasteiger partial charge in [-0.3, -0.25) is 0 Å². The summed E-state index contributed by atoms with van der Waals surface area (Å²) in [5, 5.41) is 6.40. The van der Waals surface area contributed by atoms with Gasteiger partial charge < -0.3 is 10.6 Å². The first-order chi connectivity index (χ1) is 5.59. The molecule has 0 aromatic carbocycles. The first-order valence-electron chi connectivity index (χ1n) is 4.45. The smallest absolute Gasteiger partial charge is 0.114 e. The Morgan fingerprint density at radius 2 is 2.33 bits per heavy atom. The lowest BCUT2D eigenvalue weighted by molar-refractivity contribution is 0.351. The molecule has 1 rings (SSSR count). The molecule has 0 aliphatic carbocycles. The minimum Gasteiger partial charge on any atom is -0.384 e. The van der Waals surface area contributed by atoms with E-state index in [9.17, 15) is 4.39 Å². The minimum atomic E-state index is -0.783. The predicted octanol–water partition coefficient (Wildman–Crippen LogP) is 1.20. The van der Waals surface area contributed by atoms with E-state index in [-0.39, 0.29) is 0 Å². The highest BCUT2D eigenvalue weighted by Gasteiger charge is 2.18. The molecule has 0 aromatic rings. The summed E-state index contributed by atoms with van der Waals surface area (Å²) in [5.74, 6) is 0. The van der Waals surface area contributed by atoms with Gasteiger partial charge >= 0.3 is 0 Å². The molecule has 1 aliphatic rings. The Morgan fingerprint density at radius 1 is 1.67 bits per heavy atom. The van der Waals surface area contributed by atoms with Crippen molar-refractivity contribution in [2.45, 2.75) is 39.0 Å². The van der Waals surface area contributed by atoms with E-state index in [1.54, 1.807) is 6.92 Å². The van der Waals surface area contributed by atoms with Crippen molar-refractivity contribution >= 4 is 0 Å². The van der Waals surface area contributed by atoms with Crippen LogP contribution in [0.5, 0.6) is 0 Å². The largest absolute Gasteiger partial charge is 0.384 e. The molecule has 12 heavy (non-hydrogen) atoms. The van der Waals surface area contributed by atoms with Gasteiger partial charge in [0.25, 0.3) is 0 Å². The second kappa shape index (κ2) is 3.90. The van der Waals surface area contributed by atoms with E-state index >= 15 is 0 Å². The second-order valence-electron chi connectivity index (χ2n) is 3.46. The van der Waals surface area contributed by atoms with Crippen LogP contribution in [0.4, 0.5) is 4.39 Å². The van der Waals surface area contributed by atoms with Gasteiger partial charge in [-0.1, -0.05) is 0 Å². The van der Waals surface area contributed by atoms with E-state index < -0.39 is 6.17 Å². The highest BCUT2D eigenvalue weighted by atomic mass is 19.1. The lowest BCUT2D eigenvalue weighted by atomic mass is 10.2. The third-order valence-electron chi connectivity index (χ3n) is 2.00. The van der Waals surface area contributed by atoms with Crippen molar-refractivity contribution in [3.8, 4) is 0 Å². The van der Waals surface area contributed by atoms with Crippen molar-refractivity contribution in [3.05, 3.63) is 11.8 Å². The molecule has 0 spiro atoms. The van der Waals surface area contributed by atoms with Crippen LogP contribution in [0, 0.1) is 0 Å². The maximum Gasteiger partial charge on any atom is 0.114 e. The lowest BCUT2D eigenvalue weighted by Gasteiger charge is -2.13. The van der Waals surface area contributed by atoms with Gasteiger partial charge in [0.2, 0.25) is 0 Å². The molecular formula is C9H17FN2. The number of rotatable bonds is 3. The molecule has 70 valence electrons. The first-order valence-corrected chi connectivity index (χ1v) is 4.45. The van der Waals surface area contributed by atoms with E-state index in [4.69, 9.17) is 0 Å². The molecule has 1 unspecified atom stereocenters. The molecule has 2 nitrogen and oxygen atoms in total. The van der Waals surface area contributed by atoms with Crippen molar-refractivity contribution in [2.75, 3.05) is 6.54 Å². The van der Waals surface area contributed by atoms with Gasteiger partial charge in [0.15, 0.2) is 0 Å². The molecule has 0 fully saturated rings. The van der Waals surface area contributed by atoms with Crippen LogP contribution in [0.1, 0.15) is 20.8 Å². The summed E-state index contributed by atoms with van der Waals surface area (Å²) in [6.07, 6.45) is 1.32. The van der Waals surface area contributed by atoms with Crippen LogP contribution in [0.2, 0.25) is 0 Å². The van der Waals surface area contributed by atoms with E-state index in [1.807, 2.05) is 0 Å². The molecule has 0 saturated carbocycles. The fourth-order valence-electron chi connectivity index (χ4n) is 1.42. The summed E-state index contributed by atoms with van der Waals surface area (Å²) in [4.78, 5) is 0. The molecule has 0 bridgehead atoms. The van der Waals surface area contributed by atoms with E-state index in [2.05, 4.69) is 30.6 Å². The molecule has 1 heterocycles. The SMILES string of the molecule is CC(F)CNC1=C[C@@H](C)N[C@H]1C. The van der Waals surface area contributed by atoms with Crippen LogP contribution < -0.4 is 10.6 Å². The van der Waals surface area contributed by atoms with Crippen LogP contribution >= 0.6 is 0 Å². The van der Waals surface area contributed by atoms with E-state index in [0.29, 0.717) is 18.6 Å². The monoisotopic (exact) mass is 172 g/mol. The summed E-state index contributed by atoms with van der Waals surface area (Å²) >= 11 is 0. The Hall–Kier alpha value is -0.570. The van der Waals surface area contributed by atoms with Crippen LogP contribution in [0.3, 0.4) is 0 Å². The average molecular weight is 172 g/mol. The van der Waals surface area contributed by atoms with E-state index in [1.165, 1.54) is 0 Å². The lowest BCUT2D eigenvalue weighted by Crippen LogP contribution is -2.32. The molecular weight excluding hydrogens is 155 g/mol. The van der Waals surface area contributed by atoms with Crippen molar-refractivity contribution < 1.29 is 4.39 Å². The van der Waals surface area contributed by atoms with Crippen LogP contribution in [-0.2, 0) is 0 Å². The topological polar surface area (TPSA) is 24.1 Å². The molecule has 0 radical (unpaired) electrons. The van der Waals surface area contributed by atoms with Gasteiger partial charge in [0, 0.05) is 24.3 Å². The molecule has 0 aromatic heterocycles. The van der Waals surface area contributed by atoms with Gasteiger partial charge in [-0.05, 0) is 26.8 Å². The third kappa shape index (κ3) is 2.48. The summed E-state index contributed by atoms with van der Waals surface area (Å²) < 4.78 is 12.5. The van der Waals surface area contributed by atoms with Crippen molar-refractivity contribution in [1.82, 2.24) is 10.6 Å². The van der Waals surface area contributed by atoms with Crippen molar-refractivity contribution in [2.24, 2.45) is 0 Å². The predicted molar refractivity (Wildman–Crippen MR) is 48.7 cm³/mol. The summed E-state index contributed by atoms with van der Waals surface area (Å²) in [6, 6.07) is 0.733. The Kier molecular flexibility index (Phi) is 3.09. The van der Waals surface area contributed by atoms with E-state index in [0.717, 1.165) is 5.70 Å². The summed E-state index contributed by atoms with van der Waals surface area (Å²) in [6.45, 7) is 6.13. The van der Waals surface area contributed by atoms with Gasteiger partial charge in [0.05, 0.1) is 0 Å². The first kappa shape index (κ1) is 9.52. The Morgan fingerprint density at radius 3 is 2.75 bits per heavy atom. The fraction of sp³-hybridized carbons (Fsp3) is 0.778. The number of hydrogen-bond donors (Lipinski definition) is 2. The molecule has 3 atom stereocenters. The summed E-state index contributed by atoms with van der Waals surface area (Å²) in [5.41, 5.74) is 1.12. The number of halogens is 1. The standard InChI is InChI=1S/C9H17FN2/c1-6(10)5-11-9-4-7(2)12-8(9)3/h4,6-8,11-12H,5H2,1-3H3/t6?,7-,8+/m1/s1. The maximum atomic E-state index is 12.5. The Bertz CT molecular complexity index is 177. The van der Waals surface area contributed by atoms with Gasteiger partial charge in [0.1, 0.15) is 6.17 Å². The maximum absolute atomic E-state index is 12.5. The molecule has 3 heteroatoms. The second-order valence-corrected chi connectivity index (χ2v) is 3.46. The van der Waals surface area contributed by atoms with Gasteiger partial charge in [-0.2, -0.15) is 0 Å². The zero-order valence-corrected chi connectivity index (χ0v) is 7.89. The zero-order chi connectivity index (χ0) is 9.14. The summed E-state index contributed by atoms with van der Waals surface area (Å²) in [7, 11) is 0. The zero-order valence-electron chi connectivity index (χ0n) is 7.89. The van der Waals surface area contributed by atoms with Gasteiger partial charge in [-0.25, -0.2) is 4.39 Å². The fourth-order valence-corrected chi connectivity index (χ4v) is 1.42. The highest BCUT2D eigenvalue weighted by Crippen LogP contribution is 2.09. The van der Waals surface area contributed by atoms with Crippen molar-refractivity contribution in [3.63, 3.8) is 0 Å². The van der Waals surface area contributed by atoms with Gasteiger partial charge in [-0.15, -0.1) is 0 Å². The molecule has 1 aliphatic heterocycles. The normalized spacial score (nSPS) is 31.5. The van der Waals surface area contributed by atoms with Crippen LogP contribution in [-0.4, -0.2) is 24.8 Å². The molecule has 0 amide bonds. The van der Waals surface area contributed by atoms with Crippen molar-refractivity contribution in [1.29, 1.82) is 0 Å². The molecule has 0 saturated heterocycles. The van der Waals surface area contributed by atoms with Crippen LogP contribution in [0.15, 0.2) is 11.8 Å². The number of nitrogens with one attached hydrogen (secondary N) is 2. The Balaban J connectivity index is 2.36. The van der Waals surface area contributed by atoms with Crippen LogP contribution in [0.25, 0.3) is 0 Å². The quantitative estimate of drug-likeness (QED) is 0.668. The number of hydrogen-bond acceptors (Lipinski definition) is 2.